The molecule has 0 bridgehead atoms. The molecular formula is C22H24O2S. The Morgan fingerprint density at radius 1 is 0.960 bits per heavy atom. The summed E-state index contributed by atoms with van der Waals surface area (Å²) in [5, 5.41) is 10.6. The monoisotopic (exact) mass is 352 g/mol. The van der Waals surface area contributed by atoms with E-state index in [0.29, 0.717) is 0 Å². The molecule has 0 aliphatic heterocycles. The molecule has 3 aromatic rings. The SMILES string of the molecule is CCCCCc1ccc(-c2cc3ccc(O)cc3sc2=O)c(CC)c1. The van der Waals surface area contributed by atoms with Crippen molar-refractivity contribution in [3.63, 3.8) is 0 Å². The molecule has 0 aliphatic carbocycles. The molecule has 3 heteroatoms. The Bertz CT molecular complexity index is 940. The van der Waals surface area contributed by atoms with Crippen LogP contribution in [0.1, 0.15) is 44.2 Å². The lowest BCUT2D eigenvalue weighted by Crippen LogP contribution is -2.02. The van der Waals surface area contributed by atoms with Crippen LogP contribution >= 0.6 is 11.3 Å². The van der Waals surface area contributed by atoms with Gasteiger partial charge < -0.3 is 5.11 Å². The molecule has 2 aromatic carbocycles. The number of aromatic hydroxyl groups is 1. The zero-order valence-corrected chi connectivity index (χ0v) is 15.7. The molecule has 0 atom stereocenters. The molecule has 0 saturated heterocycles. The summed E-state index contributed by atoms with van der Waals surface area (Å²) in [6.07, 6.45) is 5.71. The van der Waals surface area contributed by atoms with Gasteiger partial charge in [0.2, 0.25) is 4.74 Å². The molecule has 3 rings (SSSR count). The first-order valence-corrected chi connectivity index (χ1v) is 9.83. The topological polar surface area (TPSA) is 37.3 Å². The Hall–Kier alpha value is -2.13. The molecule has 1 aromatic heterocycles. The van der Waals surface area contributed by atoms with Crippen molar-refractivity contribution in [3.05, 3.63) is 63.1 Å². The highest BCUT2D eigenvalue weighted by Gasteiger charge is 2.11. The van der Waals surface area contributed by atoms with Gasteiger partial charge in [0.15, 0.2) is 0 Å². The van der Waals surface area contributed by atoms with E-state index in [0.717, 1.165) is 34.1 Å². The van der Waals surface area contributed by atoms with E-state index in [9.17, 15) is 9.90 Å². The lowest BCUT2D eigenvalue weighted by atomic mass is 9.95. The van der Waals surface area contributed by atoms with E-state index in [4.69, 9.17) is 0 Å². The number of phenols is 1. The molecule has 0 amide bonds. The standard InChI is InChI=1S/C22H24O2S/c1-3-5-6-7-15-8-11-19(16(4-2)12-15)20-13-17-9-10-18(23)14-21(17)25-22(20)24/h8-14,23H,3-7H2,1-2H3. The van der Waals surface area contributed by atoms with Crippen LogP contribution in [0.15, 0.2) is 47.3 Å². The summed E-state index contributed by atoms with van der Waals surface area (Å²) in [5.74, 6) is 0.196. The Morgan fingerprint density at radius 3 is 2.56 bits per heavy atom. The van der Waals surface area contributed by atoms with E-state index >= 15 is 0 Å². The smallest absolute Gasteiger partial charge is 0.240 e. The van der Waals surface area contributed by atoms with Gasteiger partial charge in [-0.3, -0.25) is 4.79 Å². The highest BCUT2D eigenvalue weighted by Crippen LogP contribution is 2.29. The lowest BCUT2D eigenvalue weighted by molar-refractivity contribution is 0.476. The van der Waals surface area contributed by atoms with Crippen LogP contribution in [-0.2, 0) is 12.8 Å². The Kier molecular flexibility index (Phi) is 5.54. The largest absolute Gasteiger partial charge is 0.508 e. The summed E-state index contributed by atoms with van der Waals surface area (Å²) >= 11 is 1.20. The molecule has 0 radical (unpaired) electrons. The fourth-order valence-corrected chi connectivity index (χ4v) is 4.13. The molecule has 1 heterocycles. The molecule has 25 heavy (non-hydrogen) atoms. The van der Waals surface area contributed by atoms with Crippen LogP contribution in [0.25, 0.3) is 21.2 Å². The van der Waals surface area contributed by atoms with Crippen LogP contribution in [0.4, 0.5) is 0 Å². The third-order valence-electron chi connectivity index (χ3n) is 4.63. The van der Waals surface area contributed by atoms with Gasteiger partial charge in [-0.25, -0.2) is 0 Å². The number of aryl methyl sites for hydroxylation is 2. The number of rotatable bonds is 6. The van der Waals surface area contributed by atoms with Crippen molar-refractivity contribution < 1.29 is 5.11 Å². The maximum absolute atomic E-state index is 12.6. The minimum absolute atomic E-state index is 0.0477. The second-order valence-corrected chi connectivity index (χ2v) is 7.49. The van der Waals surface area contributed by atoms with Crippen LogP contribution in [0, 0.1) is 0 Å². The third kappa shape index (κ3) is 3.93. The van der Waals surface area contributed by atoms with E-state index in [1.807, 2.05) is 12.1 Å². The van der Waals surface area contributed by atoms with E-state index in [2.05, 4.69) is 32.0 Å². The Balaban J connectivity index is 2.03. The number of phenolic OH excluding ortho intramolecular Hbond substituents is 1. The number of hydrogen-bond acceptors (Lipinski definition) is 3. The zero-order valence-electron chi connectivity index (χ0n) is 14.8. The van der Waals surface area contributed by atoms with Crippen molar-refractivity contribution in [3.8, 4) is 16.9 Å². The molecule has 1 N–H and O–H groups in total. The van der Waals surface area contributed by atoms with Crippen molar-refractivity contribution >= 4 is 21.4 Å². The van der Waals surface area contributed by atoms with Crippen molar-refractivity contribution in [2.45, 2.75) is 46.0 Å². The van der Waals surface area contributed by atoms with Gasteiger partial charge in [-0.1, -0.05) is 56.2 Å². The Morgan fingerprint density at radius 2 is 1.80 bits per heavy atom. The van der Waals surface area contributed by atoms with Gasteiger partial charge in [0.1, 0.15) is 5.75 Å². The number of unbranched alkanes of at least 4 members (excludes halogenated alkanes) is 2. The highest BCUT2D eigenvalue weighted by atomic mass is 32.1. The van der Waals surface area contributed by atoms with E-state index in [1.54, 1.807) is 12.1 Å². The molecular weight excluding hydrogens is 328 g/mol. The predicted molar refractivity (Wildman–Crippen MR) is 108 cm³/mol. The second kappa shape index (κ2) is 7.83. The van der Waals surface area contributed by atoms with Gasteiger partial charge in [0.05, 0.1) is 0 Å². The van der Waals surface area contributed by atoms with Crippen molar-refractivity contribution in [2.24, 2.45) is 0 Å². The minimum atomic E-state index is 0.0477. The molecule has 0 unspecified atom stereocenters. The summed E-state index contributed by atoms with van der Waals surface area (Å²) in [5.41, 5.74) is 4.39. The quantitative estimate of drug-likeness (QED) is 0.558. The highest BCUT2D eigenvalue weighted by molar-refractivity contribution is 7.16. The first-order valence-electron chi connectivity index (χ1n) is 9.01. The van der Waals surface area contributed by atoms with E-state index < -0.39 is 0 Å². The van der Waals surface area contributed by atoms with Gasteiger partial charge in [0.25, 0.3) is 0 Å². The summed E-state index contributed by atoms with van der Waals surface area (Å²) < 4.78 is 0.870. The first-order chi connectivity index (χ1) is 12.1. The third-order valence-corrected chi connectivity index (χ3v) is 5.61. The average molecular weight is 352 g/mol. The van der Waals surface area contributed by atoms with Crippen LogP contribution in [0.2, 0.25) is 0 Å². The Labute approximate surface area is 152 Å². The van der Waals surface area contributed by atoms with Crippen molar-refractivity contribution in [1.29, 1.82) is 0 Å². The number of fused-ring (bicyclic) bond motifs is 1. The minimum Gasteiger partial charge on any atom is -0.508 e. The normalized spacial score (nSPS) is 11.1. The molecule has 2 nitrogen and oxygen atoms in total. The van der Waals surface area contributed by atoms with Crippen LogP contribution in [-0.4, -0.2) is 5.11 Å². The van der Waals surface area contributed by atoms with E-state index in [-0.39, 0.29) is 10.5 Å². The molecule has 130 valence electrons. The molecule has 0 aliphatic rings. The number of benzene rings is 2. The maximum Gasteiger partial charge on any atom is 0.240 e. The fraction of sp³-hybridized carbons (Fsp3) is 0.318. The fourth-order valence-electron chi connectivity index (χ4n) is 3.22. The summed E-state index contributed by atoms with van der Waals surface area (Å²) in [7, 11) is 0. The van der Waals surface area contributed by atoms with Gasteiger partial charge in [-0.2, -0.15) is 0 Å². The summed E-state index contributed by atoms with van der Waals surface area (Å²) in [4.78, 5) is 12.6. The van der Waals surface area contributed by atoms with Crippen molar-refractivity contribution in [1.82, 2.24) is 0 Å². The van der Waals surface area contributed by atoms with Crippen LogP contribution in [0.3, 0.4) is 0 Å². The summed E-state index contributed by atoms with van der Waals surface area (Å²) in [6.45, 7) is 4.36. The van der Waals surface area contributed by atoms with Gasteiger partial charge in [-0.05, 0) is 65.6 Å². The number of hydrogen-bond donors (Lipinski definition) is 1. The molecule has 0 fully saturated rings. The average Bonchev–Trinajstić information content (AvgIpc) is 2.61. The first kappa shape index (κ1) is 17.7. The molecule has 0 spiro atoms. The van der Waals surface area contributed by atoms with Gasteiger partial charge in [-0.15, -0.1) is 0 Å². The van der Waals surface area contributed by atoms with Crippen molar-refractivity contribution in [2.75, 3.05) is 0 Å². The van der Waals surface area contributed by atoms with Crippen LogP contribution < -0.4 is 4.74 Å². The maximum atomic E-state index is 12.6. The predicted octanol–water partition coefficient (Wildman–Crippen LogP) is 5.93. The van der Waals surface area contributed by atoms with Gasteiger partial charge in [0, 0.05) is 10.3 Å². The molecule has 0 saturated carbocycles. The summed E-state index contributed by atoms with van der Waals surface area (Å²) in [6, 6.07) is 13.7. The van der Waals surface area contributed by atoms with E-state index in [1.165, 1.54) is 41.7 Å². The van der Waals surface area contributed by atoms with Crippen LogP contribution in [0.5, 0.6) is 5.75 Å². The second-order valence-electron chi connectivity index (χ2n) is 6.47. The zero-order chi connectivity index (χ0) is 17.8. The van der Waals surface area contributed by atoms with Gasteiger partial charge >= 0.3 is 0 Å². The lowest BCUT2D eigenvalue weighted by Gasteiger charge is -2.11.